The van der Waals surface area contributed by atoms with Crippen molar-refractivity contribution in [2.75, 3.05) is 19.6 Å². The number of hydrogen-bond acceptors (Lipinski definition) is 21. The predicted octanol–water partition coefficient (Wildman–Crippen LogP) is 11.7. The lowest BCUT2D eigenvalue weighted by Gasteiger charge is -2.29. The van der Waals surface area contributed by atoms with Crippen LogP contribution in [0.15, 0.2) is 111 Å². The van der Waals surface area contributed by atoms with E-state index in [0.717, 1.165) is 70.1 Å². The van der Waals surface area contributed by atoms with Gasteiger partial charge in [-0.15, -0.1) is 56.7 Å². The molecule has 102 heavy (non-hydrogen) atoms. The first-order chi connectivity index (χ1) is 49.0. The zero-order valence-electron chi connectivity index (χ0n) is 58.8. The molecule has 9 aromatic rings. The molecule has 3 aromatic carbocycles. The SMILES string of the molecule is Cc1nc([C@H](C(=O)N2C[C@H](OCc3nc([C@H](C(=O)N4C[C@H](OCc5csc([C@H](C(=O)N6C[C@H](O)C[C@H]6C(=O)NCc6ccc(-c7scnc7C)cc6)C(C)C)n5)C[C@H]4C(=O)NCc4ccc(-c5scnc5C)cc4)C(C)C)co3)C[C@H]2C(=O)NCc2ccc(-c3scnc3C)cc2)C(C)C)cs1. The molecule has 0 aliphatic carbocycles. The van der Waals surface area contributed by atoms with Gasteiger partial charge in [-0.05, 0) is 78.8 Å². The second-order valence-electron chi connectivity index (χ2n) is 27.6. The van der Waals surface area contributed by atoms with Gasteiger partial charge in [0.25, 0.3) is 0 Å². The molecule has 0 bridgehead atoms. The average molecular weight is 1480 g/mol. The number of amides is 6. The number of nitrogens with one attached hydrogen (secondary N) is 3. The molecule has 4 N–H and O–H groups in total. The van der Waals surface area contributed by atoms with Crippen molar-refractivity contribution in [3.8, 4) is 31.3 Å². The lowest BCUT2D eigenvalue weighted by atomic mass is 9.91. The van der Waals surface area contributed by atoms with Crippen LogP contribution in [-0.2, 0) is 71.1 Å². The maximum Gasteiger partial charge on any atom is 0.243 e. The molecule has 0 saturated carbocycles. The maximum atomic E-state index is 15.3. The number of β-amino-alcohol motifs (C(OH)–C–C–N with tert-alkyl or cyclic N) is 1. The standard InChI is InChI=1S/C75H86N12O10S5/c1-40(2)63(57-33-97-62(84-57)34-96-56-25-61(87(31-56)74(93)64(41(3)4)58-36-98-46(10)82-58)71(91)78-28-49-15-21-52(22-16-49)68-45(9)81-39-102-68)73(92)86-30-55(24-60(86)70(90)77-27-48-13-19-51(20-14-48)67-44(8)80-38-101-67)95-32-53-35-99-72(83-53)65(42(5)6)75(94)85-29-54(88)23-59(85)69(89)76-26-47-11-17-50(18-12-47)66-43(7)79-37-100-66/h11-22,33,35-42,54-56,59-61,63-65,88H,23-32,34H2,1-10H3,(H,76,89)(H,77,90)(H,78,91)/t54-,55-,56-,59+,60+,61+,63-,64-,65-/m1/s1. The highest BCUT2D eigenvalue weighted by molar-refractivity contribution is 7.14. The van der Waals surface area contributed by atoms with E-state index >= 15 is 4.79 Å². The number of aliphatic hydroxyl groups is 1. The van der Waals surface area contributed by atoms with Gasteiger partial charge in [0.15, 0.2) is 0 Å². The molecule has 27 heteroatoms. The van der Waals surface area contributed by atoms with Crippen LogP contribution in [0.1, 0.15) is 145 Å². The van der Waals surface area contributed by atoms with Crippen LogP contribution in [0.3, 0.4) is 0 Å². The van der Waals surface area contributed by atoms with Crippen LogP contribution >= 0.6 is 56.7 Å². The third-order valence-corrected chi connectivity index (χ3v) is 23.9. The Bertz CT molecular complexity index is 4410. The summed E-state index contributed by atoms with van der Waals surface area (Å²) in [5.41, 5.74) is 15.7. The number of carbonyl (C=O) groups is 6. The second-order valence-corrected chi connectivity index (χ2v) is 32.1. The van der Waals surface area contributed by atoms with E-state index in [9.17, 15) is 29.1 Å². The molecule has 9 atom stereocenters. The molecule has 6 aromatic heterocycles. The number of hydrogen-bond donors (Lipinski definition) is 4. The smallest absolute Gasteiger partial charge is 0.243 e. The summed E-state index contributed by atoms with van der Waals surface area (Å²) in [6.45, 7) is 20.3. The first-order valence-corrected chi connectivity index (χ1v) is 38.9. The molecule has 536 valence electrons. The molecule has 0 unspecified atom stereocenters. The second kappa shape index (κ2) is 32.6. The van der Waals surface area contributed by atoms with Crippen LogP contribution in [-0.4, -0.2) is 141 Å². The van der Waals surface area contributed by atoms with E-state index in [0.29, 0.717) is 22.1 Å². The third kappa shape index (κ3) is 16.8. The molecular weight excluding hydrogens is 1390 g/mol. The first-order valence-electron chi connectivity index (χ1n) is 34.5. The van der Waals surface area contributed by atoms with Crippen molar-refractivity contribution < 1.29 is 47.8 Å². The average Bonchev–Trinajstić information content (AvgIpc) is 1.68. The fourth-order valence-electron chi connectivity index (χ4n) is 13.8. The van der Waals surface area contributed by atoms with Crippen molar-refractivity contribution in [1.82, 2.24) is 60.6 Å². The van der Waals surface area contributed by atoms with Crippen LogP contribution in [0.5, 0.6) is 0 Å². The number of benzene rings is 3. The molecule has 3 saturated heterocycles. The van der Waals surface area contributed by atoms with E-state index in [1.54, 1.807) is 43.8 Å². The largest absolute Gasteiger partial charge is 0.446 e. The highest BCUT2D eigenvalue weighted by atomic mass is 32.1. The van der Waals surface area contributed by atoms with Gasteiger partial charge < -0.3 is 49.6 Å². The summed E-state index contributed by atoms with van der Waals surface area (Å²) in [5, 5.41) is 25.3. The number of aryl methyl sites for hydroxylation is 4. The van der Waals surface area contributed by atoms with Gasteiger partial charge >= 0.3 is 0 Å². The number of nitrogens with zero attached hydrogens (tertiary/aromatic N) is 9. The van der Waals surface area contributed by atoms with Gasteiger partial charge in [0.2, 0.25) is 41.3 Å². The van der Waals surface area contributed by atoms with Gasteiger partial charge in [-0.1, -0.05) is 114 Å². The van der Waals surface area contributed by atoms with Crippen LogP contribution in [0.2, 0.25) is 0 Å². The molecule has 3 aliphatic heterocycles. The third-order valence-electron chi connectivity index (χ3n) is 19.2. The molecule has 22 nitrogen and oxygen atoms in total. The Labute approximate surface area is 613 Å². The predicted molar refractivity (Wildman–Crippen MR) is 394 cm³/mol. The summed E-state index contributed by atoms with van der Waals surface area (Å²) >= 11 is 7.50. The molecule has 3 fully saturated rings. The number of rotatable bonds is 27. The fourth-order valence-corrected chi connectivity index (χ4v) is 18.0. The van der Waals surface area contributed by atoms with Crippen LogP contribution in [0.25, 0.3) is 31.3 Å². The number of carbonyl (C=O) groups excluding carboxylic acids is 6. The van der Waals surface area contributed by atoms with Crippen molar-refractivity contribution in [3.63, 3.8) is 0 Å². The minimum Gasteiger partial charge on any atom is -0.446 e. The highest BCUT2D eigenvalue weighted by Gasteiger charge is 2.47. The Hall–Kier alpha value is -8.28. The summed E-state index contributed by atoms with van der Waals surface area (Å²) in [6.07, 6.45) is -0.118. The van der Waals surface area contributed by atoms with Crippen LogP contribution in [0, 0.1) is 45.4 Å². The van der Waals surface area contributed by atoms with E-state index in [1.165, 1.54) is 33.8 Å². The van der Waals surface area contributed by atoms with Crippen LogP contribution < -0.4 is 16.0 Å². The number of aromatic nitrogens is 6. The van der Waals surface area contributed by atoms with Crippen molar-refractivity contribution in [3.05, 3.63) is 173 Å². The lowest BCUT2D eigenvalue weighted by molar-refractivity contribution is -0.140. The van der Waals surface area contributed by atoms with Crippen molar-refractivity contribution >= 4 is 92.1 Å². The van der Waals surface area contributed by atoms with E-state index < -0.39 is 54.2 Å². The molecule has 0 radical (unpaired) electrons. The molecule has 12 rings (SSSR count). The molecular formula is C75H86N12O10S5. The Morgan fingerprint density at radius 3 is 1.32 bits per heavy atom. The van der Waals surface area contributed by atoms with E-state index in [1.807, 2.05) is 169 Å². The summed E-state index contributed by atoms with van der Waals surface area (Å²) in [4.78, 5) is 123. The van der Waals surface area contributed by atoms with Gasteiger partial charge in [0, 0.05) is 69.3 Å². The zero-order valence-corrected chi connectivity index (χ0v) is 62.9. The van der Waals surface area contributed by atoms with Gasteiger partial charge in [-0.25, -0.2) is 29.9 Å². The van der Waals surface area contributed by atoms with Crippen LogP contribution in [0.4, 0.5) is 0 Å². The first kappa shape index (κ1) is 73.5. The number of ether oxygens (including phenoxy) is 2. The Morgan fingerprint density at radius 2 is 0.912 bits per heavy atom. The lowest BCUT2D eigenvalue weighted by Crippen LogP contribution is -2.48. The Morgan fingerprint density at radius 1 is 0.500 bits per heavy atom. The molecule has 6 amide bonds. The van der Waals surface area contributed by atoms with E-state index in [-0.39, 0.29) is 131 Å². The normalized spacial score (nSPS) is 19.3. The topological polar surface area (TPSA) is 277 Å². The minimum atomic E-state index is -0.932. The number of thiazole rings is 5. The van der Waals surface area contributed by atoms with E-state index in [2.05, 4.69) is 30.9 Å². The summed E-state index contributed by atoms with van der Waals surface area (Å²) in [5.74, 6) is -4.48. The van der Waals surface area contributed by atoms with Crippen molar-refractivity contribution in [2.45, 2.75) is 176 Å². The van der Waals surface area contributed by atoms with Gasteiger partial charge in [-0.2, -0.15) is 0 Å². The van der Waals surface area contributed by atoms with Crippen molar-refractivity contribution in [1.29, 1.82) is 0 Å². The minimum absolute atomic E-state index is 0.00766. The fraction of sp³-hybridized carbons (Fsp3) is 0.440. The summed E-state index contributed by atoms with van der Waals surface area (Å²) < 4.78 is 19.2. The number of oxazole rings is 1. The van der Waals surface area contributed by atoms with Gasteiger partial charge in [0.05, 0.1) is 113 Å². The summed E-state index contributed by atoms with van der Waals surface area (Å²) in [6, 6.07) is 21.2. The molecule has 0 spiro atoms. The van der Waals surface area contributed by atoms with Gasteiger partial charge in [-0.3, -0.25) is 28.8 Å². The monoisotopic (exact) mass is 1470 g/mol. The maximum absolute atomic E-state index is 15.3. The van der Waals surface area contributed by atoms with Crippen molar-refractivity contribution in [2.24, 2.45) is 17.8 Å². The number of likely N-dealkylation sites (tertiary alicyclic amines) is 3. The Kier molecular flexibility index (Phi) is 23.5. The quantitative estimate of drug-likeness (QED) is 0.0372. The van der Waals surface area contributed by atoms with Gasteiger partial charge in [0.1, 0.15) is 36.0 Å². The molecule has 9 heterocycles. The molecule has 3 aliphatic rings. The van der Waals surface area contributed by atoms with E-state index in [4.69, 9.17) is 28.8 Å². The Balaban J connectivity index is 0.715. The highest BCUT2D eigenvalue weighted by Crippen LogP contribution is 2.38. The zero-order chi connectivity index (χ0) is 72.0. The number of aliphatic hydroxyl groups excluding tert-OH is 1. The summed E-state index contributed by atoms with van der Waals surface area (Å²) in [7, 11) is 0.